The molecule has 0 atom stereocenters. The van der Waals surface area contributed by atoms with E-state index in [0.717, 1.165) is 16.0 Å². The van der Waals surface area contributed by atoms with Crippen LogP contribution in [0.15, 0.2) is 18.3 Å². The first-order valence-electron chi connectivity index (χ1n) is 3.61. The molecule has 0 unspecified atom stereocenters. The molecule has 2 heterocycles. The van der Waals surface area contributed by atoms with E-state index >= 15 is 0 Å². The number of nitrogens with zero attached hydrogens (tertiary/aromatic N) is 1. The Hall–Kier alpha value is -1.33. The summed E-state index contributed by atoms with van der Waals surface area (Å²) in [6.07, 6.45) is 0.217. The summed E-state index contributed by atoms with van der Waals surface area (Å²) in [7, 11) is 0. The van der Waals surface area contributed by atoms with Crippen molar-refractivity contribution >= 4 is 39.3 Å². The number of fused-ring (bicyclic) bond motifs is 1. The highest BCUT2D eigenvalue weighted by atomic mass is 35.5. The average Bonchev–Trinajstić information content (AvgIpc) is 2.47. The van der Waals surface area contributed by atoms with Crippen LogP contribution in [-0.4, -0.2) is 16.2 Å². The maximum Gasteiger partial charge on any atom is 0.512 e. The Bertz CT molecular complexity index is 496. The second-order valence-corrected chi connectivity index (χ2v) is 3.86. The number of hydrogen-bond acceptors (Lipinski definition) is 4. The molecule has 0 spiro atoms. The molecule has 0 aliphatic rings. The zero-order valence-corrected chi connectivity index (χ0v) is 8.30. The molecule has 14 heavy (non-hydrogen) atoms. The van der Waals surface area contributed by atoms with Crippen molar-refractivity contribution in [1.82, 2.24) is 4.98 Å². The molecule has 2 rings (SSSR count). The number of hydrogen-bond donors (Lipinski definition) is 1. The maximum atomic E-state index is 10.3. The first kappa shape index (κ1) is 9.23. The summed E-state index contributed by atoms with van der Waals surface area (Å²) in [6.45, 7) is 0. The molecule has 0 radical (unpaired) electrons. The maximum absolute atomic E-state index is 10.3. The van der Waals surface area contributed by atoms with Gasteiger partial charge < -0.3 is 9.84 Å². The fourth-order valence-corrected chi connectivity index (χ4v) is 2.16. The molecule has 0 bridgehead atoms. The molecule has 0 saturated carbocycles. The summed E-state index contributed by atoms with van der Waals surface area (Å²) in [5.74, 6) is 0. The van der Waals surface area contributed by atoms with Crippen molar-refractivity contribution in [3.8, 4) is 5.06 Å². The Morgan fingerprint density at radius 2 is 2.43 bits per heavy atom. The van der Waals surface area contributed by atoms with Crippen LogP contribution in [0.4, 0.5) is 4.79 Å². The number of halogens is 1. The first-order chi connectivity index (χ1) is 6.66. The van der Waals surface area contributed by atoms with Gasteiger partial charge in [-0.2, -0.15) is 0 Å². The van der Waals surface area contributed by atoms with Crippen LogP contribution in [0.25, 0.3) is 10.2 Å². The van der Waals surface area contributed by atoms with E-state index in [0.29, 0.717) is 10.5 Å². The van der Waals surface area contributed by atoms with E-state index in [-0.39, 0.29) is 5.06 Å². The van der Waals surface area contributed by atoms with E-state index in [1.807, 2.05) is 0 Å². The molecule has 0 aliphatic carbocycles. The fourth-order valence-electron chi connectivity index (χ4n) is 1.02. The fraction of sp³-hybridized carbons (Fsp3) is 0. The van der Waals surface area contributed by atoms with Crippen molar-refractivity contribution in [3.63, 3.8) is 0 Å². The first-order valence-corrected chi connectivity index (χ1v) is 4.81. The van der Waals surface area contributed by atoms with Crippen LogP contribution < -0.4 is 4.74 Å². The molecule has 0 aromatic carbocycles. The van der Waals surface area contributed by atoms with Gasteiger partial charge in [0.05, 0.1) is 15.2 Å². The van der Waals surface area contributed by atoms with Gasteiger partial charge in [0.1, 0.15) is 0 Å². The van der Waals surface area contributed by atoms with Crippen molar-refractivity contribution in [2.75, 3.05) is 0 Å². The summed E-state index contributed by atoms with van der Waals surface area (Å²) in [5.41, 5.74) is 0.638. The lowest BCUT2D eigenvalue weighted by molar-refractivity contribution is 0.146. The third-order valence-corrected chi connectivity index (χ3v) is 2.99. The van der Waals surface area contributed by atoms with Crippen LogP contribution >= 0.6 is 22.9 Å². The number of thiophene rings is 1. The van der Waals surface area contributed by atoms with Crippen LogP contribution in [0.1, 0.15) is 0 Å². The minimum absolute atomic E-state index is 0.271. The third kappa shape index (κ3) is 1.64. The number of pyridine rings is 1. The molecular formula is C8H4ClNO3S. The highest BCUT2D eigenvalue weighted by Crippen LogP contribution is 2.34. The molecule has 0 amide bonds. The van der Waals surface area contributed by atoms with Gasteiger partial charge in [-0.15, -0.1) is 0 Å². The SMILES string of the molecule is O=C(O)Oc1cc2nccc(Cl)c2s1. The molecule has 2 aromatic heterocycles. The van der Waals surface area contributed by atoms with E-state index in [4.69, 9.17) is 16.7 Å². The summed E-state index contributed by atoms with van der Waals surface area (Å²) >= 11 is 7.03. The Kier molecular flexibility index (Phi) is 2.26. The second kappa shape index (κ2) is 3.43. The van der Waals surface area contributed by atoms with Crippen molar-refractivity contribution < 1.29 is 14.6 Å². The van der Waals surface area contributed by atoms with E-state index in [9.17, 15) is 4.79 Å². The van der Waals surface area contributed by atoms with Crippen LogP contribution in [0, 0.1) is 0 Å². The summed E-state index contributed by atoms with van der Waals surface area (Å²) in [6, 6.07) is 3.19. The smallest absolute Gasteiger partial charge is 0.449 e. The minimum Gasteiger partial charge on any atom is -0.449 e. The molecule has 1 N–H and O–H groups in total. The molecular weight excluding hydrogens is 226 g/mol. The predicted octanol–water partition coefficient (Wildman–Crippen LogP) is 3.01. The highest BCUT2D eigenvalue weighted by molar-refractivity contribution is 7.21. The van der Waals surface area contributed by atoms with Gasteiger partial charge in [0, 0.05) is 12.3 Å². The molecule has 6 heteroatoms. The van der Waals surface area contributed by atoms with E-state index in [1.54, 1.807) is 18.3 Å². The molecule has 2 aromatic rings. The van der Waals surface area contributed by atoms with Crippen molar-refractivity contribution in [2.24, 2.45) is 0 Å². The van der Waals surface area contributed by atoms with Crippen LogP contribution in [0.3, 0.4) is 0 Å². The van der Waals surface area contributed by atoms with Crippen molar-refractivity contribution in [1.29, 1.82) is 0 Å². The van der Waals surface area contributed by atoms with Gasteiger partial charge in [-0.1, -0.05) is 22.9 Å². The summed E-state index contributed by atoms with van der Waals surface area (Å²) in [4.78, 5) is 14.3. The van der Waals surface area contributed by atoms with Crippen LogP contribution in [0.2, 0.25) is 5.02 Å². The highest BCUT2D eigenvalue weighted by Gasteiger charge is 2.09. The summed E-state index contributed by atoms with van der Waals surface area (Å²) < 4.78 is 5.22. The van der Waals surface area contributed by atoms with Gasteiger partial charge in [0.15, 0.2) is 5.06 Å². The molecule has 0 fully saturated rings. The Labute approximate surface area is 87.7 Å². The number of aromatic nitrogens is 1. The van der Waals surface area contributed by atoms with E-state index in [1.165, 1.54) is 0 Å². The van der Waals surface area contributed by atoms with Gasteiger partial charge in [-0.05, 0) is 6.07 Å². The van der Waals surface area contributed by atoms with Gasteiger partial charge in [0.25, 0.3) is 0 Å². The third-order valence-electron chi connectivity index (χ3n) is 1.53. The lowest BCUT2D eigenvalue weighted by Crippen LogP contribution is -2.00. The van der Waals surface area contributed by atoms with Crippen LogP contribution in [0.5, 0.6) is 5.06 Å². The molecule has 0 saturated heterocycles. The van der Waals surface area contributed by atoms with E-state index in [2.05, 4.69) is 9.72 Å². The zero-order chi connectivity index (χ0) is 10.1. The average molecular weight is 230 g/mol. The standard InChI is InChI=1S/C8H4ClNO3S/c9-4-1-2-10-5-3-6(13-8(11)12)14-7(4)5/h1-3H,(H,11,12). The molecule has 72 valence electrons. The molecule has 0 aliphatic heterocycles. The Balaban J connectivity index is 2.51. The lowest BCUT2D eigenvalue weighted by atomic mass is 10.4. The van der Waals surface area contributed by atoms with E-state index < -0.39 is 6.16 Å². The quantitative estimate of drug-likeness (QED) is 0.764. The number of ether oxygens (including phenoxy) is 1. The monoisotopic (exact) mass is 229 g/mol. The van der Waals surface area contributed by atoms with Crippen molar-refractivity contribution in [2.45, 2.75) is 0 Å². The topological polar surface area (TPSA) is 59.4 Å². The number of carbonyl (C=O) groups is 1. The van der Waals surface area contributed by atoms with Gasteiger partial charge in [-0.25, -0.2) is 4.79 Å². The van der Waals surface area contributed by atoms with Gasteiger partial charge in [-0.3, -0.25) is 4.98 Å². The Morgan fingerprint density at radius 3 is 3.07 bits per heavy atom. The number of carboxylic acid groups (broad SMARTS) is 1. The predicted molar refractivity (Wildman–Crippen MR) is 53.3 cm³/mol. The van der Waals surface area contributed by atoms with Gasteiger partial charge in [0.2, 0.25) is 0 Å². The lowest BCUT2D eigenvalue weighted by Gasteiger charge is -1.90. The zero-order valence-electron chi connectivity index (χ0n) is 6.73. The van der Waals surface area contributed by atoms with Crippen molar-refractivity contribution in [3.05, 3.63) is 23.4 Å². The largest absolute Gasteiger partial charge is 0.512 e. The van der Waals surface area contributed by atoms with Gasteiger partial charge >= 0.3 is 6.16 Å². The second-order valence-electron chi connectivity index (χ2n) is 2.44. The summed E-state index contributed by atoms with van der Waals surface area (Å²) in [5, 5.41) is 9.21. The van der Waals surface area contributed by atoms with Crippen LogP contribution in [-0.2, 0) is 0 Å². The molecule has 4 nitrogen and oxygen atoms in total. The Morgan fingerprint density at radius 1 is 1.64 bits per heavy atom. The number of rotatable bonds is 1. The minimum atomic E-state index is -1.34. The normalized spacial score (nSPS) is 10.4.